The molecule has 5 heteroatoms. The monoisotopic (exact) mass is 190 g/mol. The average molecular weight is 190 g/mol. The van der Waals surface area contributed by atoms with Crippen LogP contribution in [0.5, 0.6) is 0 Å². The fourth-order valence-electron chi connectivity index (χ4n) is 0.635. The molecule has 0 unspecified atom stereocenters. The fraction of sp³-hybridized carbons (Fsp3) is 0.750. The summed E-state index contributed by atoms with van der Waals surface area (Å²) < 4.78 is 13.7. The molecule has 0 heterocycles. The molecule has 0 aliphatic rings. The highest BCUT2D eigenvalue weighted by atomic mass is 16.6. The van der Waals surface area contributed by atoms with Gasteiger partial charge >= 0.3 is 11.9 Å². The Balaban J connectivity index is 3.17. The zero-order chi connectivity index (χ0) is 10.1. The third-order valence-corrected chi connectivity index (χ3v) is 1.34. The Hall–Kier alpha value is -1.10. The van der Waals surface area contributed by atoms with Crippen LogP contribution in [0.25, 0.3) is 0 Å². The maximum atomic E-state index is 10.6. The van der Waals surface area contributed by atoms with E-state index in [9.17, 15) is 9.59 Å². The van der Waals surface area contributed by atoms with Crippen molar-refractivity contribution in [1.29, 1.82) is 0 Å². The number of methoxy groups -OCH3 is 2. The normalized spacial score (nSPS) is 9.38. The second kappa shape index (κ2) is 7.54. The van der Waals surface area contributed by atoms with E-state index in [1.165, 1.54) is 14.2 Å². The SMILES string of the molecule is COC(=O)CCCOCC(=O)OC. The molecule has 13 heavy (non-hydrogen) atoms. The summed E-state index contributed by atoms with van der Waals surface area (Å²) in [6.45, 7) is 0.280. The average Bonchev–Trinajstić information content (AvgIpc) is 2.16. The number of ether oxygens (including phenoxy) is 3. The van der Waals surface area contributed by atoms with Crippen molar-refractivity contribution in [2.24, 2.45) is 0 Å². The molecule has 0 aliphatic heterocycles. The first kappa shape index (κ1) is 11.9. The molecule has 0 atom stereocenters. The summed E-state index contributed by atoms with van der Waals surface area (Å²) in [6.07, 6.45) is 0.849. The van der Waals surface area contributed by atoms with Gasteiger partial charge in [0.1, 0.15) is 6.61 Å². The molecule has 0 aliphatic carbocycles. The quantitative estimate of drug-likeness (QED) is 0.440. The van der Waals surface area contributed by atoms with Gasteiger partial charge in [-0.2, -0.15) is 0 Å². The van der Waals surface area contributed by atoms with Gasteiger partial charge < -0.3 is 14.2 Å². The van der Waals surface area contributed by atoms with Crippen molar-refractivity contribution < 1.29 is 23.8 Å². The van der Waals surface area contributed by atoms with Gasteiger partial charge in [-0.25, -0.2) is 4.79 Å². The third-order valence-electron chi connectivity index (χ3n) is 1.34. The van der Waals surface area contributed by atoms with E-state index in [1.807, 2.05) is 0 Å². The Morgan fingerprint density at radius 2 is 1.69 bits per heavy atom. The summed E-state index contributed by atoms with van der Waals surface area (Å²) in [4.78, 5) is 21.1. The topological polar surface area (TPSA) is 61.8 Å². The van der Waals surface area contributed by atoms with E-state index in [0.717, 1.165) is 0 Å². The molecule has 0 aromatic heterocycles. The molecule has 0 bridgehead atoms. The minimum absolute atomic E-state index is 0.0718. The Kier molecular flexibility index (Phi) is 6.91. The van der Waals surface area contributed by atoms with Gasteiger partial charge in [0.2, 0.25) is 0 Å². The van der Waals surface area contributed by atoms with Crippen molar-refractivity contribution in [3.05, 3.63) is 0 Å². The van der Waals surface area contributed by atoms with Crippen molar-refractivity contribution >= 4 is 11.9 Å². The van der Waals surface area contributed by atoms with Gasteiger partial charge in [-0.3, -0.25) is 4.79 Å². The van der Waals surface area contributed by atoms with Crippen molar-refractivity contribution in [3.8, 4) is 0 Å². The first-order valence-electron chi connectivity index (χ1n) is 3.92. The summed E-state index contributed by atoms with van der Waals surface area (Å²) >= 11 is 0. The van der Waals surface area contributed by atoms with E-state index in [1.54, 1.807) is 0 Å². The van der Waals surface area contributed by atoms with Crippen LogP contribution in [0.2, 0.25) is 0 Å². The van der Waals surface area contributed by atoms with Gasteiger partial charge in [-0.15, -0.1) is 0 Å². The molecule has 0 saturated carbocycles. The van der Waals surface area contributed by atoms with Crippen LogP contribution < -0.4 is 0 Å². The van der Waals surface area contributed by atoms with Gasteiger partial charge in [0.25, 0.3) is 0 Å². The number of esters is 2. The van der Waals surface area contributed by atoms with Crippen LogP contribution in [0, 0.1) is 0 Å². The third kappa shape index (κ3) is 7.27. The summed E-state index contributed by atoms with van der Waals surface area (Å²) in [6, 6.07) is 0. The van der Waals surface area contributed by atoms with Gasteiger partial charge in [0, 0.05) is 13.0 Å². The summed E-state index contributed by atoms with van der Waals surface area (Å²) in [5.41, 5.74) is 0. The molecule has 0 aromatic rings. The van der Waals surface area contributed by atoms with Crippen LogP contribution in [-0.2, 0) is 23.8 Å². The number of hydrogen-bond acceptors (Lipinski definition) is 5. The molecule has 0 rings (SSSR count). The van der Waals surface area contributed by atoms with Gasteiger partial charge in [0.15, 0.2) is 0 Å². The highest BCUT2D eigenvalue weighted by Gasteiger charge is 2.01. The number of rotatable bonds is 6. The standard InChI is InChI=1S/C8H14O5/c1-11-7(9)4-3-5-13-6-8(10)12-2/h3-6H2,1-2H3. The van der Waals surface area contributed by atoms with E-state index < -0.39 is 5.97 Å². The zero-order valence-corrected chi connectivity index (χ0v) is 7.87. The summed E-state index contributed by atoms with van der Waals surface area (Å²) in [7, 11) is 2.62. The Bertz CT molecular complexity index is 148. The van der Waals surface area contributed by atoms with E-state index in [0.29, 0.717) is 19.4 Å². The van der Waals surface area contributed by atoms with Gasteiger partial charge in [-0.1, -0.05) is 0 Å². The van der Waals surface area contributed by atoms with Gasteiger partial charge in [-0.05, 0) is 6.42 Å². The van der Waals surface area contributed by atoms with Crippen LogP contribution in [0.15, 0.2) is 0 Å². The maximum Gasteiger partial charge on any atom is 0.331 e. The Labute approximate surface area is 77.0 Å². The van der Waals surface area contributed by atoms with Crippen LogP contribution in [0.3, 0.4) is 0 Å². The lowest BCUT2D eigenvalue weighted by Crippen LogP contribution is -2.11. The number of carbonyl (C=O) groups excluding carboxylic acids is 2. The highest BCUT2D eigenvalue weighted by molar-refractivity contribution is 5.70. The second-order valence-corrected chi connectivity index (χ2v) is 2.31. The molecule has 0 radical (unpaired) electrons. The molecule has 0 fully saturated rings. The van der Waals surface area contributed by atoms with Crippen LogP contribution in [0.1, 0.15) is 12.8 Å². The maximum absolute atomic E-state index is 10.6. The van der Waals surface area contributed by atoms with Crippen LogP contribution >= 0.6 is 0 Å². The summed E-state index contributed by atoms with van der Waals surface area (Å²) in [5, 5.41) is 0. The number of hydrogen-bond donors (Lipinski definition) is 0. The lowest BCUT2D eigenvalue weighted by Gasteiger charge is -2.01. The molecule has 0 spiro atoms. The van der Waals surface area contributed by atoms with Crippen molar-refractivity contribution in [1.82, 2.24) is 0 Å². The molecule has 5 nitrogen and oxygen atoms in total. The van der Waals surface area contributed by atoms with Crippen molar-refractivity contribution in [2.45, 2.75) is 12.8 Å². The molecule has 0 N–H and O–H groups in total. The molecule has 0 amide bonds. The lowest BCUT2D eigenvalue weighted by molar-refractivity contribution is -0.146. The minimum Gasteiger partial charge on any atom is -0.469 e. The van der Waals surface area contributed by atoms with E-state index in [4.69, 9.17) is 4.74 Å². The molecule has 0 saturated heterocycles. The molecule has 76 valence electrons. The molecular formula is C8H14O5. The van der Waals surface area contributed by atoms with E-state index in [2.05, 4.69) is 9.47 Å². The van der Waals surface area contributed by atoms with Gasteiger partial charge in [0.05, 0.1) is 14.2 Å². The summed E-state index contributed by atoms with van der Waals surface area (Å²) in [5.74, 6) is -0.695. The Morgan fingerprint density at radius 1 is 1.08 bits per heavy atom. The van der Waals surface area contributed by atoms with Crippen LogP contribution in [0.4, 0.5) is 0 Å². The molecular weight excluding hydrogens is 176 g/mol. The minimum atomic E-state index is -0.418. The number of carbonyl (C=O) groups is 2. The second-order valence-electron chi connectivity index (χ2n) is 2.31. The zero-order valence-electron chi connectivity index (χ0n) is 7.87. The van der Waals surface area contributed by atoms with Crippen LogP contribution in [-0.4, -0.2) is 39.4 Å². The van der Waals surface area contributed by atoms with Crippen molar-refractivity contribution in [2.75, 3.05) is 27.4 Å². The largest absolute Gasteiger partial charge is 0.469 e. The molecule has 0 aromatic carbocycles. The predicted octanol–water partition coefficient (Wildman–Crippen LogP) is 0.129. The highest BCUT2D eigenvalue weighted by Crippen LogP contribution is 1.92. The van der Waals surface area contributed by atoms with Crippen molar-refractivity contribution in [3.63, 3.8) is 0 Å². The predicted molar refractivity (Wildman–Crippen MR) is 44.1 cm³/mol. The fourth-order valence-corrected chi connectivity index (χ4v) is 0.635. The first-order valence-corrected chi connectivity index (χ1v) is 3.92. The van der Waals surface area contributed by atoms with E-state index >= 15 is 0 Å². The Morgan fingerprint density at radius 3 is 2.23 bits per heavy atom. The first-order chi connectivity index (χ1) is 6.20. The smallest absolute Gasteiger partial charge is 0.331 e. The lowest BCUT2D eigenvalue weighted by atomic mass is 10.3. The van der Waals surface area contributed by atoms with E-state index in [-0.39, 0.29) is 12.6 Å².